The van der Waals surface area contributed by atoms with Crippen molar-refractivity contribution in [2.75, 3.05) is 13.4 Å². The zero-order valence-electron chi connectivity index (χ0n) is 13.6. The fraction of sp³-hybridized carbons (Fsp3) is 1.00. The highest BCUT2D eigenvalue weighted by Crippen LogP contribution is 2.45. The summed E-state index contributed by atoms with van der Waals surface area (Å²) in [5.41, 5.74) is 0. The van der Waals surface area contributed by atoms with Gasteiger partial charge in [0.2, 0.25) is 0 Å². The first-order valence-corrected chi connectivity index (χ1v) is 9.28. The van der Waals surface area contributed by atoms with Crippen molar-refractivity contribution in [2.45, 2.75) is 81.5 Å². The van der Waals surface area contributed by atoms with Crippen LogP contribution in [0.4, 0.5) is 0 Å². The first kappa shape index (κ1) is 14.8. The summed E-state index contributed by atoms with van der Waals surface area (Å²) in [6.45, 7) is 1.15. The topological polar surface area (TPSA) is 64.6 Å². The minimum absolute atomic E-state index is 0.0332. The van der Waals surface area contributed by atoms with Crippen molar-refractivity contribution in [1.82, 2.24) is 0 Å². The van der Waals surface area contributed by atoms with E-state index in [0.29, 0.717) is 12.7 Å². The Kier molecular flexibility index (Phi) is 3.47. The zero-order valence-corrected chi connectivity index (χ0v) is 13.6. The van der Waals surface area contributed by atoms with Crippen LogP contribution in [0.1, 0.15) is 32.1 Å². The molecule has 0 radical (unpaired) electrons. The lowest BCUT2D eigenvalue weighted by molar-refractivity contribution is -0.318. The van der Waals surface area contributed by atoms with E-state index in [1.54, 1.807) is 0 Å². The third-order valence-corrected chi connectivity index (χ3v) is 6.42. The molecule has 6 fully saturated rings. The van der Waals surface area contributed by atoms with E-state index in [2.05, 4.69) is 0 Å². The molecule has 10 atom stereocenters. The Labute approximate surface area is 140 Å². The molecule has 6 saturated heterocycles. The van der Waals surface area contributed by atoms with Crippen LogP contribution < -0.4 is 0 Å². The van der Waals surface area contributed by atoms with Gasteiger partial charge in [-0.25, -0.2) is 0 Å². The molecule has 6 aliphatic rings. The maximum absolute atomic E-state index is 6.46. The predicted molar refractivity (Wildman–Crippen MR) is 77.7 cm³/mol. The molecule has 134 valence electrons. The predicted octanol–water partition coefficient (Wildman–Crippen LogP) is 1.15. The monoisotopic (exact) mass is 340 g/mol. The average Bonchev–Trinajstić information content (AvgIpc) is 3.20. The summed E-state index contributed by atoms with van der Waals surface area (Å²) in [5, 5.41) is 0. The highest BCUT2D eigenvalue weighted by atomic mass is 16.9. The minimum atomic E-state index is -0.195. The van der Waals surface area contributed by atoms with Crippen LogP contribution in [0.3, 0.4) is 0 Å². The SMILES string of the molecule is C1OC2CC(C3CC4CC(O3)C(C3CC5COC(C5)O3)O4)C(O1)O2. The summed E-state index contributed by atoms with van der Waals surface area (Å²) in [7, 11) is 0. The second-order valence-corrected chi connectivity index (χ2v) is 7.97. The van der Waals surface area contributed by atoms with Crippen molar-refractivity contribution < 1.29 is 33.2 Å². The summed E-state index contributed by atoms with van der Waals surface area (Å²) < 4.78 is 41.3. The fourth-order valence-corrected chi connectivity index (χ4v) is 5.31. The van der Waals surface area contributed by atoms with Gasteiger partial charge in [0.05, 0.1) is 31.0 Å². The maximum atomic E-state index is 6.46. The van der Waals surface area contributed by atoms with Crippen LogP contribution in [0, 0.1) is 11.8 Å². The van der Waals surface area contributed by atoms with Gasteiger partial charge in [-0.05, 0) is 12.3 Å². The van der Waals surface area contributed by atoms with E-state index >= 15 is 0 Å². The van der Waals surface area contributed by atoms with Gasteiger partial charge in [-0.2, -0.15) is 0 Å². The van der Waals surface area contributed by atoms with E-state index in [9.17, 15) is 0 Å². The first-order chi connectivity index (χ1) is 11.8. The highest BCUT2D eigenvalue weighted by Gasteiger charge is 2.54. The van der Waals surface area contributed by atoms with E-state index in [1.165, 1.54) is 0 Å². The van der Waals surface area contributed by atoms with Crippen LogP contribution >= 0.6 is 0 Å². The molecule has 10 unspecified atom stereocenters. The lowest BCUT2D eigenvalue weighted by Crippen LogP contribution is -2.45. The van der Waals surface area contributed by atoms with Gasteiger partial charge in [0.1, 0.15) is 6.10 Å². The molecule has 0 aromatic rings. The van der Waals surface area contributed by atoms with Gasteiger partial charge >= 0.3 is 0 Å². The number of hydrogen-bond acceptors (Lipinski definition) is 7. The number of ether oxygens (including phenoxy) is 7. The van der Waals surface area contributed by atoms with Crippen molar-refractivity contribution in [1.29, 1.82) is 0 Å². The smallest absolute Gasteiger partial charge is 0.169 e. The van der Waals surface area contributed by atoms with Gasteiger partial charge in [0.25, 0.3) is 0 Å². The lowest BCUT2D eigenvalue weighted by atomic mass is 9.89. The largest absolute Gasteiger partial charge is 0.371 e. The third kappa shape index (κ3) is 2.37. The number of hydrogen-bond donors (Lipinski definition) is 0. The van der Waals surface area contributed by atoms with Crippen LogP contribution in [0.25, 0.3) is 0 Å². The van der Waals surface area contributed by atoms with Crippen molar-refractivity contribution in [3.63, 3.8) is 0 Å². The Bertz CT molecular complexity index is 489. The van der Waals surface area contributed by atoms with E-state index in [4.69, 9.17) is 33.2 Å². The van der Waals surface area contributed by atoms with E-state index in [1.807, 2.05) is 0 Å². The Morgan fingerprint density at radius 1 is 0.625 bits per heavy atom. The third-order valence-electron chi connectivity index (χ3n) is 6.42. The van der Waals surface area contributed by atoms with E-state index in [-0.39, 0.29) is 55.3 Å². The Morgan fingerprint density at radius 2 is 1.50 bits per heavy atom. The summed E-state index contributed by atoms with van der Waals surface area (Å²) in [5.74, 6) is 0.846. The van der Waals surface area contributed by atoms with Crippen LogP contribution in [0.15, 0.2) is 0 Å². The van der Waals surface area contributed by atoms with Crippen molar-refractivity contribution in [2.24, 2.45) is 11.8 Å². The molecule has 0 spiro atoms. The van der Waals surface area contributed by atoms with Gasteiger partial charge in [-0.15, -0.1) is 0 Å². The standard InChI is InChI=1S/C17H24O7/c1-8-2-14(18-6-8)23-12(1)16-13-4-9(21-16)3-11(22-13)10-5-15-19-7-20-17(10)24-15/h8-17H,1-7H2. The Balaban J connectivity index is 1.16. The molecular formula is C17H24O7. The second-order valence-electron chi connectivity index (χ2n) is 7.97. The molecule has 7 nitrogen and oxygen atoms in total. The lowest BCUT2D eigenvalue weighted by Gasteiger charge is -2.35. The molecular weight excluding hydrogens is 316 g/mol. The molecule has 6 bridgehead atoms. The molecule has 24 heavy (non-hydrogen) atoms. The molecule has 0 amide bonds. The zero-order chi connectivity index (χ0) is 15.7. The molecule has 0 aliphatic carbocycles. The first-order valence-electron chi connectivity index (χ1n) is 9.28. The van der Waals surface area contributed by atoms with Gasteiger partial charge in [-0.1, -0.05) is 0 Å². The van der Waals surface area contributed by atoms with Crippen LogP contribution in [-0.4, -0.2) is 62.8 Å². The summed E-state index contributed by atoms with van der Waals surface area (Å²) in [6, 6.07) is 0. The van der Waals surface area contributed by atoms with Gasteiger partial charge < -0.3 is 33.2 Å². The molecule has 0 aromatic carbocycles. The van der Waals surface area contributed by atoms with Crippen molar-refractivity contribution in [3.05, 3.63) is 0 Å². The summed E-state index contributed by atoms with van der Waals surface area (Å²) >= 11 is 0. The van der Waals surface area contributed by atoms with E-state index in [0.717, 1.165) is 38.7 Å². The average molecular weight is 340 g/mol. The Hall–Kier alpha value is -0.280. The van der Waals surface area contributed by atoms with Crippen LogP contribution in [0.2, 0.25) is 0 Å². The number of rotatable bonds is 2. The van der Waals surface area contributed by atoms with Crippen molar-refractivity contribution >= 4 is 0 Å². The number of fused-ring (bicyclic) bond motifs is 6. The molecule has 7 heteroatoms. The second kappa shape index (κ2) is 5.61. The molecule has 6 aliphatic heterocycles. The minimum Gasteiger partial charge on any atom is -0.371 e. The Morgan fingerprint density at radius 3 is 2.42 bits per heavy atom. The van der Waals surface area contributed by atoms with Gasteiger partial charge in [0, 0.05) is 31.6 Å². The highest BCUT2D eigenvalue weighted by molar-refractivity contribution is 4.98. The molecule has 0 N–H and O–H groups in total. The summed E-state index contributed by atoms with van der Waals surface area (Å²) in [6.07, 6.45) is 5.01. The molecule has 0 aromatic heterocycles. The summed E-state index contributed by atoms with van der Waals surface area (Å²) in [4.78, 5) is 0. The quantitative estimate of drug-likeness (QED) is 0.747. The van der Waals surface area contributed by atoms with Gasteiger partial charge in [0.15, 0.2) is 25.7 Å². The van der Waals surface area contributed by atoms with Crippen LogP contribution in [0.5, 0.6) is 0 Å². The maximum Gasteiger partial charge on any atom is 0.169 e. The van der Waals surface area contributed by atoms with Crippen LogP contribution in [-0.2, 0) is 33.2 Å². The molecule has 6 heterocycles. The normalized spacial score (nSPS) is 59.0. The molecule has 6 rings (SSSR count). The van der Waals surface area contributed by atoms with Crippen molar-refractivity contribution in [3.8, 4) is 0 Å². The molecule has 0 saturated carbocycles. The van der Waals surface area contributed by atoms with E-state index < -0.39 is 0 Å². The fourth-order valence-electron chi connectivity index (χ4n) is 5.31. The van der Waals surface area contributed by atoms with Gasteiger partial charge in [-0.3, -0.25) is 0 Å².